The van der Waals surface area contributed by atoms with Gasteiger partial charge in [-0.1, -0.05) is 24.3 Å². The van der Waals surface area contributed by atoms with Crippen LogP contribution in [0.25, 0.3) is 0 Å². The highest BCUT2D eigenvalue weighted by atomic mass is 19.1. The second-order valence-corrected chi connectivity index (χ2v) is 6.31. The first kappa shape index (κ1) is 19.9. The van der Waals surface area contributed by atoms with E-state index in [1.54, 1.807) is 27.1 Å². The maximum atomic E-state index is 14.0. The highest BCUT2D eigenvalue weighted by Crippen LogP contribution is 2.22. The highest BCUT2D eigenvalue weighted by Gasteiger charge is 2.37. The molecular weight excluding hydrogens is 338 g/mol. The number of benzene rings is 2. The summed E-state index contributed by atoms with van der Waals surface area (Å²) in [6, 6.07) is 10.4. The first-order valence-electron chi connectivity index (χ1n) is 8.27. The molecule has 4 nitrogen and oxygen atoms in total. The first-order chi connectivity index (χ1) is 12.3. The number of likely N-dealkylation sites (N-methyl/N-ethyl adjacent to an activating group) is 2. The maximum absolute atomic E-state index is 14.0. The number of nitrogens with one attached hydrogen (secondary N) is 2. The number of hydrogen-bond acceptors (Lipinski definition) is 4. The van der Waals surface area contributed by atoms with E-state index in [-0.39, 0.29) is 23.3 Å². The van der Waals surface area contributed by atoms with Crippen LogP contribution in [0.1, 0.15) is 34.1 Å². The number of ketones is 2. The van der Waals surface area contributed by atoms with E-state index in [0.717, 1.165) is 6.07 Å². The van der Waals surface area contributed by atoms with Crippen LogP contribution in [0.2, 0.25) is 0 Å². The molecule has 2 N–H and O–H groups in total. The van der Waals surface area contributed by atoms with Gasteiger partial charge in [-0.2, -0.15) is 0 Å². The number of carbonyl (C=O) groups is 2. The van der Waals surface area contributed by atoms with E-state index in [9.17, 15) is 18.4 Å². The number of carbonyl (C=O) groups excluding carboxylic acids is 2. The summed E-state index contributed by atoms with van der Waals surface area (Å²) >= 11 is 0. The molecule has 0 aliphatic carbocycles. The Hall–Kier alpha value is -2.44. The highest BCUT2D eigenvalue weighted by molar-refractivity contribution is 6.05. The van der Waals surface area contributed by atoms with Gasteiger partial charge in [-0.25, -0.2) is 8.78 Å². The molecule has 2 atom stereocenters. The van der Waals surface area contributed by atoms with E-state index < -0.39 is 29.0 Å². The van der Waals surface area contributed by atoms with Crippen LogP contribution in [0, 0.1) is 11.6 Å². The maximum Gasteiger partial charge on any atom is 0.185 e. The van der Waals surface area contributed by atoms with Gasteiger partial charge in [0.2, 0.25) is 0 Å². The zero-order chi connectivity index (χ0) is 19.3. The monoisotopic (exact) mass is 360 g/mol. The molecule has 0 spiro atoms. The molecule has 2 rings (SSSR count). The Labute approximate surface area is 151 Å². The third-order valence-corrected chi connectivity index (χ3v) is 4.56. The van der Waals surface area contributed by atoms with Crippen molar-refractivity contribution in [3.8, 4) is 0 Å². The summed E-state index contributed by atoms with van der Waals surface area (Å²) in [6.45, 7) is 1.62. The van der Waals surface area contributed by atoms with E-state index in [1.165, 1.54) is 36.4 Å². The Morgan fingerprint density at radius 2 is 1.77 bits per heavy atom. The summed E-state index contributed by atoms with van der Waals surface area (Å²) in [5.41, 5.74) is -1.02. The smallest absolute Gasteiger partial charge is 0.185 e. The van der Waals surface area contributed by atoms with Crippen LogP contribution in [0.15, 0.2) is 48.5 Å². The van der Waals surface area contributed by atoms with Crippen molar-refractivity contribution < 1.29 is 18.4 Å². The zero-order valence-corrected chi connectivity index (χ0v) is 15.0. The normalized spacial score (nSPS) is 14.5. The van der Waals surface area contributed by atoms with Crippen LogP contribution in [-0.2, 0) is 0 Å². The third-order valence-electron chi connectivity index (χ3n) is 4.56. The van der Waals surface area contributed by atoms with Gasteiger partial charge in [0.1, 0.15) is 11.6 Å². The molecule has 0 radical (unpaired) electrons. The zero-order valence-electron chi connectivity index (χ0n) is 15.0. The lowest BCUT2D eigenvalue weighted by Gasteiger charge is -2.31. The molecule has 0 aliphatic rings. The quantitative estimate of drug-likeness (QED) is 0.711. The number of halogens is 2. The molecule has 2 aromatic rings. The molecule has 0 bridgehead atoms. The summed E-state index contributed by atoms with van der Waals surface area (Å²) in [5, 5.41) is 5.78. The van der Waals surface area contributed by atoms with Gasteiger partial charge in [-0.3, -0.25) is 9.59 Å². The average molecular weight is 360 g/mol. The van der Waals surface area contributed by atoms with Crippen molar-refractivity contribution in [1.82, 2.24) is 10.6 Å². The minimum Gasteiger partial charge on any atom is -0.310 e. The van der Waals surface area contributed by atoms with Crippen molar-refractivity contribution >= 4 is 11.6 Å². The van der Waals surface area contributed by atoms with Gasteiger partial charge in [-0.15, -0.1) is 0 Å². The molecule has 0 amide bonds. The Bertz CT molecular complexity index is 810. The fraction of sp³-hybridized carbons (Fsp3) is 0.300. The minimum absolute atomic E-state index is 0.0441. The summed E-state index contributed by atoms with van der Waals surface area (Å²) in [5.74, 6) is -1.92. The Morgan fingerprint density at radius 1 is 1.08 bits per heavy atom. The molecular formula is C20H22F2N2O2. The molecule has 6 heteroatoms. The summed E-state index contributed by atoms with van der Waals surface area (Å²) in [6.07, 6.45) is 0.0719. The standard InChI is InChI=1S/C20H22F2N2O2/c1-20(24-3,19(26)15-9-4-5-10-16(15)22)12-17(23-2)18(25)13-7-6-8-14(21)11-13/h4-11,17,23-24H,12H2,1-3H3. The minimum atomic E-state index is -1.18. The summed E-state index contributed by atoms with van der Waals surface area (Å²) in [7, 11) is 3.17. The topological polar surface area (TPSA) is 58.2 Å². The van der Waals surface area contributed by atoms with E-state index in [4.69, 9.17) is 0 Å². The predicted octanol–water partition coefficient (Wildman–Crippen LogP) is 2.99. The van der Waals surface area contributed by atoms with Crippen molar-refractivity contribution in [3.05, 3.63) is 71.3 Å². The van der Waals surface area contributed by atoms with E-state index >= 15 is 0 Å². The molecule has 138 valence electrons. The average Bonchev–Trinajstić information content (AvgIpc) is 2.65. The van der Waals surface area contributed by atoms with Crippen LogP contribution in [0.5, 0.6) is 0 Å². The van der Waals surface area contributed by atoms with Crippen LogP contribution < -0.4 is 10.6 Å². The fourth-order valence-corrected chi connectivity index (χ4v) is 2.83. The molecule has 2 unspecified atom stereocenters. The summed E-state index contributed by atoms with van der Waals surface area (Å²) in [4.78, 5) is 25.6. The van der Waals surface area contributed by atoms with Gasteiger partial charge in [0, 0.05) is 5.56 Å². The van der Waals surface area contributed by atoms with E-state index in [0.29, 0.717) is 0 Å². The van der Waals surface area contributed by atoms with Gasteiger partial charge < -0.3 is 10.6 Å². The van der Waals surface area contributed by atoms with Crippen molar-refractivity contribution in [2.75, 3.05) is 14.1 Å². The number of rotatable bonds is 8. The van der Waals surface area contributed by atoms with E-state index in [1.807, 2.05) is 0 Å². The van der Waals surface area contributed by atoms with Crippen molar-refractivity contribution in [3.63, 3.8) is 0 Å². The van der Waals surface area contributed by atoms with Gasteiger partial charge in [0.25, 0.3) is 0 Å². The second-order valence-electron chi connectivity index (χ2n) is 6.31. The lowest BCUT2D eigenvalue weighted by atomic mass is 9.83. The molecule has 26 heavy (non-hydrogen) atoms. The lowest BCUT2D eigenvalue weighted by molar-refractivity contribution is 0.0821. The second kappa shape index (κ2) is 8.29. The SMILES string of the molecule is CNC(CC(C)(NC)C(=O)c1ccccc1F)C(=O)c1cccc(F)c1. The first-order valence-corrected chi connectivity index (χ1v) is 8.27. The fourth-order valence-electron chi connectivity index (χ4n) is 2.83. The molecule has 0 aromatic heterocycles. The van der Waals surface area contributed by atoms with Crippen molar-refractivity contribution in [2.45, 2.75) is 24.9 Å². The molecule has 0 heterocycles. The Balaban J connectivity index is 2.29. The van der Waals surface area contributed by atoms with Gasteiger partial charge in [0.15, 0.2) is 11.6 Å². The largest absolute Gasteiger partial charge is 0.310 e. The lowest BCUT2D eigenvalue weighted by Crippen LogP contribution is -2.53. The molecule has 0 aliphatic heterocycles. The molecule has 0 saturated heterocycles. The number of Topliss-reactive ketones (excluding diaryl/α,β-unsaturated/α-hetero) is 2. The van der Waals surface area contributed by atoms with Crippen LogP contribution in [-0.4, -0.2) is 37.2 Å². The summed E-state index contributed by atoms with van der Waals surface area (Å²) < 4.78 is 27.4. The van der Waals surface area contributed by atoms with Crippen LogP contribution in [0.4, 0.5) is 8.78 Å². The van der Waals surface area contributed by atoms with Crippen LogP contribution >= 0.6 is 0 Å². The molecule has 0 fully saturated rings. The van der Waals surface area contributed by atoms with E-state index in [2.05, 4.69) is 10.6 Å². The van der Waals surface area contributed by atoms with Gasteiger partial charge in [0.05, 0.1) is 17.1 Å². The number of hydrogen-bond donors (Lipinski definition) is 2. The van der Waals surface area contributed by atoms with Crippen LogP contribution in [0.3, 0.4) is 0 Å². The van der Waals surface area contributed by atoms with Gasteiger partial charge in [-0.05, 0) is 51.7 Å². The molecule has 0 saturated carbocycles. The Morgan fingerprint density at radius 3 is 2.35 bits per heavy atom. The van der Waals surface area contributed by atoms with Crippen molar-refractivity contribution in [1.29, 1.82) is 0 Å². The van der Waals surface area contributed by atoms with Crippen molar-refractivity contribution in [2.24, 2.45) is 0 Å². The van der Waals surface area contributed by atoms with Gasteiger partial charge >= 0.3 is 0 Å². The molecule has 2 aromatic carbocycles. The Kier molecular flexibility index (Phi) is 6.34. The third kappa shape index (κ3) is 4.20. The predicted molar refractivity (Wildman–Crippen MR) is 96.4 cm³/mol.